The topological polar surface area (TPSA) is 72.4 Å². The highest BCUT2D eigenvalue weighted by atomic mass is 79.9. The van der Waals surface area contributed by atoms with Crippen molar-refractivity contribution in [2.75, 3.05) is 6.54 Å². The Morgan fingerprint density at radius 1 is 1.20 bits per heavy atom. The van der Waals surface area contributed by atoms with Gasteiger partial charge in [0.05, 0.1) is 11.7 Å². The predicted octanol–water partition coefficient (Wildman–Crippen LogP) is 4.38. The van der Waals surface area contributed by atoms with E-state index >= 15 is 0 Å². The van der Waals surface area contributed by atoms with Crippen LogP contribution in [0.1, 0.15) is 40.8 Å². The molecule has 1 fully saturated rings. The molecule has 1 aliphatic heterocycles. The lowest BCUT2D eigenvalue weighted by Gasteiger charge is -2.21. The summed E-state index contributed by atoms with van der Waals surface area (Å²) in [5.41, 5.74) is 1.99. The van der Waals surface area contributed by atoms with Crippen LogP contribution in [0, 0.1) is 6.92 Å². The van der Waals surface area contributed by atoms with Crippen LogP contribution < -0.4 is 0 Å². The number of benzene rings is 1. The van der Waals surface area contributed by atoms with E-state index in [1.807, 2.05) is 37.3 Å². The van der Waals surface area contributed by atoms with E-state index < -0.39 is 0 Å². The number of carbonyl (C=O) groups is 1. The number of rotatable bonds is 3. The molecule has 0 N–H and O–H groups in total. The monoisotopic (exact) mass is 401 g/mol. The standard InChI is InChI=1S/C18H16BrN3O3/c1-11-9-17(25-20-11)15-3-2-8-22(15)18(23)14-10-16(24-21-14)12-4-6-13(19)7-5-12/h4-7,9-10,15H,2-3,8H2,1H3/t15-/m0/s1. The first-order valence-electron chi connectivity index (χ1n) is 8.08. The van der Waals surface area contributed by atoms with Crippen LogP contribution in [0.15, 0.2) is 49.9 Å². The highest BCUT2D eigenvalue weighted by Gasteiger charge is 2.34. The van der Waals surface area contributed by atoms with Gasteiger partial charge >= 0.3 is 0 Å². The van der Waals surface area contributed by atoms with Gasteiger partial charge in [-0.1, -0.05) is 38.4 Å². The Morgan fingerprint density at radius 2 is 2.00 bits per heavy atom. The molecule has 3 heterocycles. The van der Waals surface area contributed by atoms with Crippen molar-refractivity contribution in [2.24, 2.45) is 0 Å². The Labute approximate surface area is 152 Å². The van der Waals surface area contributed by atoms with E-state index in [1.54, 1.807) is 11.0 Å². The van der Waals surface area contributed by atoms with Crippen LogP contribution in [0.3, 0.4) is 0 Å². The van der Waals surface area contributed by atoms with E-state index in [0.717, 1.165) is 34.3 Å². The quantitative estimate of drug-likeness (QED) is 0.650. The molecule has 1 saturated heterocycles. The van der Waals surface area contributed by atoms with Crippen molar-refractivity contribution in [1.29, 1.82) is 0 Å². The van der Waals surface area contributed by atoms with E-state index in [0.29, 0.717) is 18.0 Å². The van der Waals surface area contributed by atoms with Gasteiger partial charge in [-0.25, -0.2) is 0 Å². The summed E-state index contributed by atoms with van der Waals surface area (Å²) < 4.78 is 11.7. The minimum atomic E-state index is -0.149. The van der Waals surface area contributed by atoms with Gasteiger partial charge in [-0.15, -0.1) is 0 Å². The van der Waals surface area contributed by atoms with Crippen molar-refractivity contribution in [2.45, 2.75) is 25.8 Å². The zero-order chi connectivity index (χ0) is 17.4. The van der Waals surface area contributed by atoms with Crippen LogP contribution in [0.25, 0.3) is 11.3 Å². The van der Waals surface area contributed by atoms with Gasteiger partial charge in [0.25, 0.3) is 5.91 Å². The number of carbonyl (C=O) groups excluding carboxylic acids is 1. The summed E-state index contributed by atoms with van der Waals surface area (Å²) in [6.45, 7) is 2.54. The van der Waals surface area contributed by atoms with Crippen molar-refractivity contribution < 1.29 is 13.8 Å². The number of likely N-dealkylation sites (tertiary alicyclic amines) is 1. The molecule has 0 unspecified atom stereocenters. The van der Waals surface area contributed by atoms with Gasteiger partial charge in [0, 0.05) is 28.7 Å². The van der Waals surface area contributed by atoms with Crippen LogP contribution in [-0.2, 0) is 0 Å². The summed E-state index contributed by atoms with van der Waals surface area (Å²) >= 11 is 3.40. The van der Waals surface area contributed by atoms with Gasteiger partial charge in [-0.05, 0) is 31.9 Å². The van der Waals surface area contributed by atoms with E-state index in [4.69, 9.17) is 9.05 Å². The molecule has 2 aromatic heterocycles. The number of hydrogen-bond acceptors (Lipinski definition) is 5. The highest BCUT2D eigenvalue weighted by Crippen LogP contribution is 2.34. The summed E-state index contributed by atoms with van der Waals surface area (Å²) in [5, 5.41) is 7.90. The summed E-state index contributed by atoms with van der Waals surface area (Å²) in [6, 6.07) is 11.1. The molecule has 0 saturated carbocycles. The predicted molar refractivity (Wildman–Crippen MR) is 93.9 cm³/mol. The normalized spacial score (nSPS) is 17.2. The van der Waals surface area contributed by atoms with Crippen molar-refractivity contribution in [3.05, 3.63) is 58.0 Å². The van der Waals surface area contributed by atoms with Gasteiger partial charge < -0.3 is 13.9 Å². The molecule has 128 valence electrons. The molecular weight excluding hydrogens is 386 g/mol. The molecule has 0 aliphatic carbocycles. The van der Waals surface area contributed by atoms with Crippen molar-refractivity contribution in [3.63, 3.8) is 0 Å². The molecule has 1 aromatic carbocycles. The SMILES string of the molecule is Cc1cc([C@@H]2CCCN2C(=O)c2cc(-c3ccc(Br)cc3)on2)on1. The lowest BCUT2D eigenvalue weighted by atomic mass is 10.1. The Kier molecular flexibility index (Phi) is 4.17. The molecule has 25 heavy (non-hydrogen) atoms. The first-order chi connectivity index (χ1) is 12.1. The first-order valence-corrected chi connectivity index (χ1v) is 8.88. The number of aryl methyl sites for hydroxylation is 1. The minimum Gasteiger partial charge on any atom is -0.359 e. The molecule has 1 atom stereocenters. The second kappa shape index (κ2) is 6.48. The Hall–Kier alpha value is -2.41. The lowest BCUT2D eigenvalue weighted by Crippen LogP contribution is -2.30. The second-order valence-electron chi connectivity index (χ2n) is 6.11. The molecule has 3 aromatic rings. The summed E-state index contributed by atoms with van der Waals surface area (Å²) in [4.78, 5) is 14.7. The highest BCUT2D eigenvalue weighted by molar-refractivity contribution is 9.10. The fraction of sp³-hybridized carbons (Fsp3) is 0.278. The number of halogens is 1. The van der Waals surface area contributed by atoms with Gasteiger partial charge in [0.1, 0.15) is 0 Å². The average Bonchev–Trinajstić information content (AvgIpc) is 3.35. The molecule has 4 rings (SSSR count). The summed E-state index contributed by atoms with van der Waals surface area (Å²) in [6.07, 6.45) is 1.78. The third kappa shape index (κ3) is 3.11. The molecule has 0 radical (unpaired) electrons. The fourth-order valence-corrected chi connectivity index (χ4v) is 3.38. The van der Waals surface area contributed by atoms with E-state index in [2.05, 4.69) is 26.2 Å². The maximum atomic E-state index is 12.9. The second-order valence-corrected chi connectivity index (χ2v) is 7.03. The maximum absolute atomic E-state index is 12.9. The third-order valence-electron chi connectivity index (χ3n) is 4.35. The molecule has 0 spiro atoms. The minimum absolute atomic E-state index is 0.0958. The Balaban J connectivity index is 1.57. The average molecular weight is 402 g/mol. The Morgan fingerprint density at radius 3 is 2.72 bits per heavy atom. The maximum Gasteiger partial charge on any atom is 0.276 e. The number of amides is 1. The largest absolute Gasteiger partial charge is 0.359 e. The van der Waals surface area contributed by atoms with Crippen LogP contribution in [-0.4, -0.2) is 27.7 Å². The van der Waals surface area contributed by atoms with Crippen molar-refractivity contribution >= 4 is 21.8 Å². The molecule has 1 amide bonds. The van der Waals surface area contributed by atoms with Crippen molar-refractivity contribution in [3.8, 4) is 11.3 Å². The zero-order valence-corrected chi connectivity index (χ0v) is 15.2. The summed E-state index contributed by atoms with van der Waals surface area (Å²) in [7, 11) is 0. The molecule has 6 nitrogen and oxygen atoms in total. The van der Waals surface area contributed by atoms with Gasteiger partial charge in [0.2, 0.25) is 0 Å². The van der Waals surface area contributed by atoms with E-state index in [9.17, 15) is 4.79 Å². The van der Waals surface area contributed by atoms with Gasteiger partial charge in [0.15, 0.2) is 17.2 Å². The van der Waals surface area contributed by atoms with Crippen molar-refractivity contribution in [1.82, 2.24) is 15.2 Å². The van der Waals surface area contributed by atoms with Gasteiger partial charge in [-0.3, -0.25) is 4.79 Å². The van der Waals surface area contributed by atoms with Gasteiger partial charge in [-0.2, -0.15) is 0 Å². The Bertz CT molecular complexity index is 900. The third-order valence-corrected chi connectivity index (χ3v) is 4.87. The lowest BCUT2D eigenvalue weighted by molar-refractivity contribution is 0.0704. The molecular formula is C18H16BrN3O3. The first kappa shape index (κ1) is 16.1. The smallest absolute Gasteiger partial charge is 0.276 e. The van der Waals surface area contributed by atoms with Crippen LogP contribution in [0.2, 0.25) is 0 Å². The van der Waals surface area contributed by atoms with Crippen LogP contribution in [0.5, 0.6) is 0 Å². The van der Waals surface area contributed by atoms with E-state index in [-0.39, 0.29) is 11.9 Å². The van der Waals surface area contributed by atoms with Crippen LogP contribution >= 0.6 is 15.9 Å². The molecule has 1 aliphatic rings. The molecule has 7 heteroatoms. The van der Waals surface area contributed by atoms with Crippen LogP contribution in [0.4, 0.5) is 0 Å². The number of aromatic nitrogens is 2. The summed E-state index contributed by atoms with van der Waals surface area (Å²) in [5.74, 6) is 1.14. The zero-order valence-electron chi connectivity index (χ0n) is 13.6. The van der Waals surface area contributed by atoms with E-state index in [1.165, 1.54) is 0 Å². The fourth-order valence-electron chi connectivity index (χ4n) is 3.12. The number of hydrogen-bond donors (Lipinski definition) is 0. The molecule has 0 bridgehead atoms. The number of nitrogens with zero attached hydrogens (tertiary/aromatic N) is 3.